The maximum absolute atomic E-state index is 13.1. The van der Waals surface area contributed by atoms with Gasteiger partial charge in [0.15, 0.2) is 0 Å². The highest BCUT2D eigenvalue weighted by Gasteiger charge is 2.31. The molecule has 2 heterocycles. The zero-order valence-electron chi connectivity index (χ0n) is 16.6. The summed E-state index contributed by atoms with van der Waals surface area (Å²) >= 11 is 0. The van der Waals surface area contributed by atoms with Crippen molar-refractivity contribution >= 4 is 15.9 Å². The molecule has 0 bridgehead atoms. The molecule has 1 aromatic carbocycles. The fourth-order valence-electron chi connectivity index (χ4n) is 3.55. The van der Waals surface area contributed by atoms with Crippen molar-refractivity contribution in [3.05, 3.63) is 59.4 Å². The molecule has 1 fully saturated rings. The number of benzene rings is 1. The highest BCUT2D eigenvalue weighted by molar-refractivity contribution is 7.89. The van der Waals surface area contributed by atoms with E-state index in [1.54, 1.807) is 29.6 Å². The van der Waals surface area contributed by atoms with Gasteiger partial charge in [0.05, 0.1) is 16.6 Å². The number of aryl methyl sites for hydroxylation is 1. The average molecular weight is 402 g/mol. The summed E-state index contributed by atoms with van der Waals surface area (Å²) in [7, 11) is -3.62. The summed E-state index contributed by atoms with van der Waals surface area (Å²) in [6.07, 6.45) is 4.45. The molecule has 1 N–H and O–H groups in total. The molecule has 150 valence electrons. The third kappa shape index (κ3) is 4.25. The number of hydrogen-bond acceptors (Lipinski definition) is 4. The minimum Gasteiger partial charge on any atom is -0.344 e. The van der Waals surface area contributed by atoms with Crippen molar-refractivity contribution in [2.75, 3.05) is 6.54 Å². The summed E-state index contributed by atoms with van der Waals surface area (Å²) in [5, 5.41) is 2.91. The fraction of sp³-hybridized carbons (Fsp3) is 0.429. The second kappa shape index (κ2) is 8.41. The Bertz CT molecular complexity index is 945. The lowest BCUT2D eigenvalue weighted by atomic mass is 10.1. The molecule has 1 aliphatic heterocycles. The van der Waals surface area contributed by atoms with Crippen molar-refractivity contribution in [1.82, 2.24) is 14.6 Å². The maximum atomic E-state index is 13.1. The van der Waals surface area contributed by atoms with Crippen LogP contribution in [-0.2, 0) is 10.0 Å². The molecular weight excluding hydrogens is 374 g/mol. The molecule has 2 atom stereocenters. The van der Waals surface area contributed by atoms with Crippen LogP contribution in [0, 0.1) is 6.92 Å². The van der Waals surface area contributed by atoms with E-state index in [0.717, 1.165) is 30.5 Å². The number of rotatable bonds is 5. The smallest absolute Gasteiger partial charge is 0.252 e. The summed E-state index contributed by atoms with van der Waals surface area (Å²) in [5.41, 5.74) is 1.85. The zero-order valence-corrected chi connectivity index (χ0v) is 17.4. The first kappa shape index (κ1) is 20.5. The van der Waals surface area contributed by atoms with Crippen LogP contribution in [0.3, 0.4) is 0 Å². The van der Waals surface area contributed by atoms with E-state index in [1.165, 1.54) is 6.07 Å². The largest absolute Gasteiger partial charge is 0.344 e. The van der Waals surface area contributed by atoms with Crippen molar-refractivity contribution in [3.8, 4) is 0 Å². The molecule has 3 rings (SSSR count). The lowest BCUT2D eigenvalue weighted by Gasteiger charge is -2.32. The lowest BCUT2D eigenvalue weighted by Crippen LogP contribution is -2.42. The van der Waals surface area contributed by atoms with Gasteiger partial charge in [-0.2, -0.15) is 4.31 Å². The number of sulfonamides is 1. The van der Waals surface area contributed by atoms with Crippen molar-refractivity contribution < 1.29 is 13.2 Å². The maximum Gasteiger partial charge on any atom is 0.252 e. The van der Waals surface area contributed by atoms with Gasteiger partial charge < -0.3 is 5.32 Å². The molecule has 0 aliphatic carbocycles. The molecule has 1 aromatic heterocycles. The van der Waals surface area contributed by atoms with Crippen molar-refractivity contribution in [1.29, 1.82) is 0 Å². The summed E-state index contributed by atoms with van der Waals surface area (Å²) in [6.45, 7) is 6.12. The molecule has 1 saturated heterocycles. The van der Waals surface area contributed by atoms with E-state index in [2.05, 4.69) is 10.3 Å². The van der Waals surface area contributed by atoms with E-state index in [9.17, 15) is 13.2 Å². The topological polar surface area (TPSA) is 79.4 Å². The monoisotopic (exact) mass is 401 g/mol. The predicted octanol–water partition coefficient (Wildman–Crippen LogP) is 3.44. The quantitative estimate of drug-likeness (QED) is 0.832. The normalized spacial score (nSPS) is 19.2. The standard InChI is InChI=1S/C21H27N3O3S/c1-15-10-11-18(28(26,27)24-13-7-5-8-16(24)2)14-19(15)21(25)23-17(3)20-9-4-6-12-22-20/h4,6,9-12,14,16-17H,5,7-8,13H2,1-3H3,(H,23,25). The van der Waals surface area contributed by atoms with Crippen LogP contribution in [0.1, 0.15) is 60.8 Å². The summed E-state index contributed by atoms with van der Waals surface area (Å²) in [6, 6.07) is 9.99. The Hall–Kier alpha value is -2.25. The predicted molar refractivity (Wildman–Crippen MR) is 109 cm³/mol. The van der Waals surface area contributed by atoms with E-state index in [0.29, 0.717) is 12.1 Å². The first-order valence-electron chi connectivity index (χ1n) is 9.65. The summed E-state index contributed by atoms with van der Waals surface area (Å²) in [4.78, 5) is 17.2. The third-order valence-corrected chi connectivity index (χ3v) is 7.29. The zero-order chi connectivity index (χ0) is 20.3. The number of carbonyl (C=O) groups excluding carboxylic acids is 1. The Labute approximate surface area is 167 Å². The van der Waals surface area contributed by atoms with Crippen LogP contribution in [0.5, 0.6) is 0 Å². The molecule has 0 spiro atoms. The van der Waals surface area contributed by atoms with E-state index in [4.69, 9.17) is 0 Å². The summed E-state index contributed by atoms with van der Waals surface area (Å²) in [5.74, 6) is -0.306. The third-order valence-electron chi connectivity index (χ3n) is 5.28. The number of nitrogens with one attached hydrogen (secondary N) is 1. The fourth-order valence-corrected chi connectivity index (χ4v) is 5.28. The van der Waals surface area contributed by atoms with Crippen LogP contribution in [0.2, 0.25) is 0 Å². The molecule has 7 heteroatoms. The van der Waals surface area contributed by atoms with Gasteiger partial charge in [-0.15, -0.1) is 0 Å². The van der Waals surface area contributed by atoms with Gasteiger partial charge in [-0.1, -0.05) is 18.6 Å². The van der Waals surface area contributed by atoms with Crippen molar-refractivity contribution in [2.24, 2.45) is 0 Å². The number of pyridine rings is 1. The van der Waals surface area contributed by atoms with Gasteiger partial charge in [-0.3, -0.25) is 9.78 Å². The minimum atomic E-state index is -3.62. The van der Waals surface area contributed by atoms with Gasteiger partial charge in [0.1, 0.15) is 0 Å². The van der Waals surface area contributed by atoms with Crippen molar-refractivity contribution in [3.63, 3.8) is 0 Å². The number of amides is 1. The van der Waals surface area contributed by atoms with Crippen LogP contribution < -0.4 is 5.32 Å². The van der Waals surface area contributed by atoms with Gasteiger partial charge in [0.25, 0.3) is 5.91 Å². The van der Waals surface area contributed by atoms with Gasteiger partial charge >= 0.3 is 0 Å². The molecular formula is C21H27N3O3S. The number of carbonyl (C=O) groups is 1. The molecule has 28 heavy (non-hydrogen) atoms. The second-order valence-corrected chi connectivity index (χ2v) is 9.28. The van der Waals surface area contributed by atoms with Crippen LogP contribution in [0.15, 0.2) is 47.5 Å². The molecule has 2 aromatic rings. The van der Waals surface area contributed by atoms with Crippen LogP contribution >= 0.6 is 0 Å². The van der Waals surface area contributed by atoms with E-state index < -0.39 is 10.0 Å². The SMILES string of the molecule is Cc1ccc(S(=O)(=O)N2CCCCC2C)cc1C(=O)NC(C)c1ccccn1. The molecule has 1 amide bonds. The Balaban J connectivity index is 1.86. The van der Waals surface area contributed by atoms with E-state index >= 15 is 0 Å². The molecule has 2 unspecified atom stereocenters. The van der Waals surface area contributed by atoms with Crippen molar-refractivity contribution in [2.45, 2.75) is 57.0 Å². The molecule has 6 nitrogen and oxygen atoms in total. The van der Waals surface area contributed by atoms with Gasteiger partial charge in [0.2, 0.25) is 10.0 Å². The highest BCUT2D eigenvalue weighted by atomic mass is 32.2. The number of hydrogen-bond donors (Lipinski definition) is 1. The molecule has 0 radical (unpaired) electrons. The lowest BCUT2D eigenvalue weighted by molar-refractivity contribution is 0.0938. The van der Waals surface area contributed by atoms with E-state index in [-0.39, 0.29) is 22.9 Å². The van der Waals surface area contributed by atoms with E-state index in [1.807, 2.05) is 32.0 Å². The van der Waals surface area contributed by atoms with Gasteiger partial charge in [-0.05, 0) is 63.4 Å². The van der Waals surface area contributed by atoms with Gasteiger partial charge in [-0.25, -0.2) is 8.42 Å². The average Bonchev–Trinajstić information content (AvgIpc) is 2.69. The Morgan fingerprint density at radius 2 is 2.04 bits per heavy atom. The number of piperidine rings is 1. The van der Waals surface area contributed by atoms with Gasteiger partial charge in [0, 0.05) is 24.3 Å². The Morgan fingerprint density at radius 1 is 1.25 bits per heavy atom. The first-order valence-corrected chi connectivity index (χ1v) is 11.1. The highest BCUT2D eigenvalue weighted by Crippen LogP contribution is 2.26. The Kier molecular flexibility index (Phi) is 6.15. The minimum absolute atomic E-state index is 0.0264. The second-order valence-electron chi connectivity index (χ2n) is 7.39. The molecule has 0 saturated carbocycles. The number of nitrogens with zero attached hydrogens (tertiary/aromatic N) is 2. The Morgan fingerprint density at radius 3 is 2.71 bits per heavy atom. The van der Waals surface area contributed by atoms with Crippen LogP contribution in [0.25, 0.3) is 0 Å². The number of aromatic nitrogens is 1. The molecule has 1 aliphatic rings. The van der Waals surface area contributed by atoms with Crippen LogP contribution in [0.4, 0.5) is 0 Å². The first-order chi connectivity index (χ1) is 13.3. The van der Waals surface area contributed by atoms with Crippen LogP contribution in [-0.4, -0.2) is 36.2 Å². The summed E-state index contributed by atoms with van der Waals surface area (Å²) < 4.78 is 27.8.